The third-order valence-electron chi connectivity index (χ3n) is 4.30. The lowest BCUT2D eigenvalue weighted by molar-refractivity contribution is 0.0735. The molecule has 7 heteroatoms. The first-order valence-corrected chi connectivity index (χ1v) is 10.2. The van der Waals surface area contributed by atoms with Gasteiger partial charge in [0.1, 0.15) is 0 Å². The highest BCUT2D eigenvalue weighted by Gasteiger charge is 2.23. The van der Waals surface area contributed by atoms with E-state index in [0.717, 1.165) is 6.42 Å². The van der Waals surface area contributed by atoms with Crippen LogP contribution >= 0.6 is 34.3 Å². The maximum Gasteiger partial charge on any atom is 0.265 e. The Morgan fingerprint density at radius 3 is 2.81 bits per heavy atom. The SMILES string of the molecule is O=C(Nc1cc(C(=O)N2CCc3sccc3C2)ccc1Cl)c1cccs1. The summed E-state index contributed by atoms with van der Waals surface area (Å²) >= 11 is 9.31. The molecule has 0 bridgehead atoms. The van der Waals surface area contributed by atoms with E-state index in [-0.39, 0.29) is 11.8 Å². The number of anilines is 1. The number of nitrogens with one attached hydrogen (secondary N) is 1. The van der Waals surface area contributed by atoms with Gasteiger partial charge in [0.15, 0.2) is 0 Å². The van der Waals surface area contributed by atoms with Crippen molar-refractivity contribution in [3.05, 3.63) is 73.1 Å². The van der Waals surface area contributed by atoms with Gasteiger partial charge in [0.2, 0.25) is 0 Å². The van der Waals surface area contributed by atoms with Crippen LogP contribution in [0.25, 0.3) is 0 Å². The Morgan fingerprint density at radius 1 is 1.12 bits per heavy atom. The number of rotatable bonds is 3. The summed E-state index contributed by atoms with van der Waals surface area (Å²) in [5.74, 6) is -0.280. The predicted molar refractivity (Wildman–Crippen MR) is 106 cm³/mol. The summed E-state index contributed by atoms with van der Waals surface area (Å²) in [6, 6.07) is 10.6. The van der Waals surface area contributed by atoms with E-state index in [0.29, 0.717) is 34.2 Å². The molecule has 3 aromatic rings. The Hall–Kier alpha value is -2.15. The molecule has 0 atom stereocenters. The van der Waals surface area contributed by atoms with Gasteiger partial charge in [-0.25, -0.2) is 0 Å². The molecule has 3 heterocycles. The topological polar surface area (TPSA) is 49.4 Å². The minimum absolute atomic E-state index is 0.0508. The number of benzene rings is 1. The van der Waals surface area contributed by atoms with E-state index in [1.165, 1.54) is 21.8 Å². The quantitative estimate of drug-likeness (QED) is 0.676. The first-order valence-electron chi connectivity index (χ1n) is 8.11. The van der Waals surface area contributed by atoms with Crippen molar-refractivity contribution in [2.75, 3.05) is 11.9 Å². The molecule has 0 unspecified atom stereocenters. The van der Waals surface area contributed by atoms with Gasteiger partial charge in [-0.3, -0.25) is 9.59 Å². The molecule has 0 fully saturated rings. The molecule has 1 aromatic carbocycles. The molecule has 4 rings (SSSR count). The van der Waals surface area contributed by atoms with Crippen molar-refractivity contribution in [2.24, 2.45) is 0 Å². The van der Waals surface area contributed by atoms with Crippen LogP contribution in [-0.4, -0.2) is 23.3 Å². The molecule has 1 aliphatic rings. The molecule has 0 aliphatic carbocycles. The van der Waals surface area contributed by atoms with Gasteiger partial charge >= 0.3 is 0 Å². The molecule has 4 nitrogen and oxygen atoms in total. The molecule has 1 N–H and O–H groups in total. The van der Waals surface area contributed by atoms with E-state index in [1.807, 2.05) is 16.3 Å². The van der Waals surface area contributed by atoms with Crippen LogP contribution in [0.1, 0.15) is 30.5 Å². The molecule has 1 aliphatic heterocycles. The number of nitrogens with zero attached hydrogens (tertiary/aromatic N) is 1. The molecule has 2 aromatic heterocycles. The Kier molecular flexibility index (Phi) is 4.80. The summed E-state index contributed by atoms with van der Waals surface area (Å²) in [7, 11) is 0. The molecule has 26 heavy (non-hydrogen) atoms. The lowest BCUT2D eigenvalue weighted by Crippen LogP contribution is -2.35. The van der Waals surface area contributed by atoms with Gasteiger partial charge in [0.25, 0.3) is 11.8 Å². The van der Waals surface area contributed by atoms with Crippen LogP contribution in [0.5, 0.6) is 0 Å². The van der Waals surface area contributed by atoms with Gasteiger partial charge in [0, 0.05) is 23.5 Å². The summed E-state index contributed by atoms with van der Waals surface area (Å²) < 4.78 is 0. The third kappa shape index (κ3) is 3.40. The van der Waals surface area contributed by atoms with Crippen LogP contribution in [0.4, 0.5) is 5.69 Å². The van der Waals surface area contributed by atoms with Gasteiger partial charge in [-0.15, -0.1) is 22.7 Å². The zero-order valence-electron chi connectivity index (χ0n) is 13.7. The molecule has 0 radical (unpaired) electrons. The van der Waals surface area contributed by atoms with Crippen molar-refractivity contribution in [3.8, 4) is 0 Å². The van der Waals surface area contributed by atoms with E-state index in [1.54, 1.807) is 35.6 Å². The third-order valence-corrected chi connectivity index (χ3v) is 6.52. The Bertz CT molecular complexity index is 966. The fraction of sp³-hybridized carbons (Fsp3) is 0.158. The van der Waals surface area contributed by atoms with Crippen LogP contribution in [0.2, 0.25) is 5.02 Å². The second-order valence-corrected chi connectivity index (χ2v) is 8.33. The summed E-state index contributed by atoms with van der Waals surface area (Å²) in [5.41, 5.74) is 2.19. The van der Waals surface area contributed by atoms with Gasteiger partial charge in [-0.05, 0) is 53.1 Å². The number of carbonyl (C=O) groups excluding carboxylic acids is 2. The molecule has 2 amide bonds. The highest BCUT2D eigenvalue weighted by molar-refractivity contribution is 7.12. The normalized spacial score (nSPS) is 13.3. The van der Waals surface area contributed by atoms with E-state index in [9.17, 15) is 9.59 Å². The lowest BCUT2D eigenvalue weighted by atomic mass is 10.1. The number of hydrogen-bond acceptors (Lipinski definition) is 4. The summed E-state index contributed by atoms with van der Waals surface area (Å²) in [5, 5.41) is 7.11. The molecule has 0 saturated heterocycles. The van der Waals surface area contributed by atoms with Crippen LogP contribution in [0.3, 0.4) is 0 Å². The van der Waals surface area contributed by atoms with Crippen molar-refractivity contribution < 1.29 is 9.59 Å². The van der Waals surface area contributed by atoms with Crippen molar-refractivity contribution in [3.63, 3.8) is 0 Å². The van der Waals surface area contributed by atoms with Crippen molar-refractivity contribution in [2.45, 2.75) is 13.0 Å². The second-order valence-electron chi connectivity index (χ2n) is 5.97. The van der Waals surface area contributed by atoms with Crippen LogP contribution in [0.15, 0.2) is 47.2 Å². The largest absolute Gasteiger partial charge is 0.334 e. The Morgan fingerprint density at radius 2 is 2.00 bits per heavy atom. The van der Waals surface area contributed by atoms with E-state index in [4.69, 9.17) is 11.6 Å². The van der Waals surface area contributed by atoms with E-state index in [2.05, 4.69) is 16.8 Å². The average Bonchev–Trinajstić information content (AvgIpc) is 3.34. The van der Waals surface area contributed by atoms with E-state index < -0.39 is 0 Å². The Balaban J connectivity index is 1.54. The molecule has 0 spiro atoms. The first kappa shape index (κ1) is 17.3. The summed E-state index contributed by atoms with van der Waals surface area (Å²) in [4.78, 5) is 28.9. The molecule has 0 saturated carbocycles. The number of hydrogen-bond donors (Lipinski definition) is 1. The monoisotopic (exact) mass is 402 g/mol. The number of thiophene rings is 2. The molecular weight excluding hydrogens is 388 g/mol. The highest BCUT2D eigenvalue weighted by Crippen LogP contribution is 2.28. The maximum atomic E-state index is 12.9. The summed E-state index contributed by atoms with van der Waals surface area (Å²) in [6.45, 7) is 1.32. The van der Waals surface area contributed by atoms with Crippen molar-refractivity contribution in [1.29, 1.82) is 0 Å². The van der Waals surface area contributed by atoms with Gasteiger partial charge < -0.3 is 10.2 Å². The van der Waals surface area contributed by atoms with Crippen LogP contribution < -0.4 is 5.32 Å². The Labute approximate surface area is 164 Å². The zero-order chi connectivity index (χ0) is 18.1. The maximum absolute atomic E-state index is 12.9. The first-order chi connectivity index (χ1) is 12.6. The smallest absolute Gasteiger partial charge is 0.265 e. The average molecular weight is 403 g/mol. The van der Waals surface area contributed by atoms with Crippen molar-refractivity contribution >= 4 is 51.8 Å². The summed E-state index contributed by atoms with van der Waals surface area (Å²) in [6.07, 6.45) is 0.883. The van der Waals surface area contributed by atoms with Gasteiger partial charge in [-0.2, -0.15) is 0 Å². The number of carbonyl (C=O) groups is 2. The van der Waals surface area contributed by atoms with Gasteiger partial charge in [0.05, 0.1) is 15.6 Å². The van der Waals surface area contributed by atoms with Gasteiger partial charge in [-0.1, -0.05) is 17.7 Å². The molecule has 132 valence electrons. The second kappa shape index (κ2) is 7.23. The minimum atomic E-state index is -0.229. The number of fused-ring (bicyclic) bond motifs is 1. The fourth-order valence-corrected chi connectivity index (χ4v) is 4.62. The fourth-order valence-electron chi connectivity index (χ4n) is 2.95. The highest BCUT2D eigenvalue weighted by atomic mass is 35.5. The number of amides is 2. The number of halogens is 1. The van der Waals surface area contributed by atoms with Crippen LogP contribution in [-0.2, 0) is 13.0 Å². The van der Waals surface area contributed by atoms with Crippen molar-refractivity contribution in [1.82, 2.24) is 4.90 Å². The zero-order valence-corrected chi connectivity index (χ0v) is 16.1. The standard InChI is InChI=1S/C19H15ClN2O2S2/c20-14-4-3-12(10-15(14)21-18(23)17-2-1-8-25-17)19(24)22-7-5-16-13(11-22)6-9-26-16/h1-4,6,8-10H,5,7,11H2,(H,21,23). The van der Waals surface area contributed by atoms with E-state index >= 15 is 0 Å². The predicted octanol–water partition coefficient (Wildman–Crippen LogP) is 4.91. The van der Waals surface area contributed by atoms with Crippen LogP contribution in [0, 0.1) is 0 Å². The minimum Gasteiger partial charge on any atom is -0.334 e. The molecular formula is C19H15ClN2O2S2. The lowest BCUT2D eigenvalue weighted by Gasteiger charge is -2.27.